The topological polar surface area (TPSA) is 142 Å². The number of hydrogen-bond donors (Lipinski definition) is 1. The van der Waals surface area contributed by atoms with Crippen LogP contribution in [0.3, 0.4) is 0 Å². The summed E-state index contributed by atoms with van der Waals surface area (Å²) in [7, 11) is 0. The van der Waals surface area contributed by atoms with Gasteiger partial charge >= 0.3 is 0 Å². The van der Waals surface area contributed by atoms with Gasteiger partial charge in [-0.05, 0) is 91.4 Å². The first-order valence-electron chi connectivity index (χ1n) is 18.7. The minimum absolute atomic E-state index is 0.0797. The number of rotatable bonds is 11. The van der Waals surface area contributed by atoms with Crippen molar-refractivity contribution in [2.45, 2.75) is 71.4 Å². The number of Topliss-reactive ketones (excluding diaryl/α,β-unsaturated/α-hetero) is 1. The number of nitrogens with zero attached hydrogens (tertiary/aromatic N) is 5. The van der Waals surface area contributed by atoms with Gasteiger partial charge in [0.15, 0.2) is 11.6 Å². The molecule has 55 heavy (non-hydrogen) atoms. The predicted octanol–water partition coefficient (Wildman–Crippen LogP) is 5.40. The fourth-order valence-electron chi connectivity index (χ4n) is 8.10. The first kappa shape index (κ1) is 37.4. The number of piperidine rings is 1. The fourth-order valence-corrected chi connectivity index (χ4v) is 8.10. The molecule has 2 unspecified atom stereocenters. The average molecular weight is 743 g/mol. The Bertz CT molecular complexity index is 2130. The summed E-state index contributed by atoms with van der Waals surface area (Å²) >= 11 is 0. The Morgan fingerprint density at radius 2 is 1.58 bits per heavy atom. The van der Waals surface area contributed by atoms with Crippen LogP contribution in [-0.4, -0.2) is 77.0 Å². The minimum Gasteiger partial charge on any atom is -0.487 e. The number of aryl methyl sites for hydroxylation is 1. The smallest absolute Gasteiger partial charge is 0.261 e. The van der Waals surface area contributed by atoms with Crippen molar-refractivity contribution in [1.82, 2.24) is 20.2 Å². The lowest BCUT2D eigenvalue weighted by atomic mass is 9.78. The maximum Gasteiger partial charge on any atom is 0.261 e. The Balaban J connectivity index is 0.952. The second-order valence-electron chi connectivity index (χ2n) is 15.5. The number of aromatic nitrogens is 2. The van der Waals surface area contributed by atoms with E-state index in [1.807, 2.05) is 31.2 Å². The van der Waals surface area contributed by atoms with Gasteiger partial charge in [0.2, 0.25) is 18.2 Å². The van der Waals surface area contributed by atoms with Gasteiger partial charge in [-0.1, -0.05) is 38.1 Å². The number of carbonyl (C=O) groups is 5. The van der Waals surface area contributed by atoms with Crippen LogP contribution in [0.5, 0.6) is 5.75 Å². The molecule has 0 aliphatic carbocycles. The van der Waals surface area contributed by atoms with E-state index in [4.69, 9.17) is 4.74 Å². The summed E-state index contributed by atoms with van der Waals surface area (Å²) in [6, 6.07) is 23.4. The van der Waals surface area contributed by atoms with Crippen molar-refractivity contribution in [3.05, 3.63) is 113 Å². The van der Waals surface area contributed by atoms with Crippen molar-refractivity contribution in [3.8, 4) is 5.75 Å². The molecule has 1 spiro atoms. The van der Waals surface area contributed by atoms with E-state index in [-0.39, 0.29) is 41.9 Å². The molecule has 284 valence electrons. The van der Waals surface area contributed by atoms with Crippen molar-refractivity contribution in [2.75, 3.05) is 36.0 Å². The van der Waals surface area contributed by atoms with Gasteiger partial charge in [0.05, 0.1) is 5.69 Å². The summed E-state index contributed by atoms with van der Waals surface area (Å²) in [6.07, 6.45) is 4.31. The summed E-state index contributed by atoms with van der Waals surface area (Å²) in [6.45, 7) is 11.8. The number of carbonyl (C=O) groups excluding carboxylic acids is 5. The van der Waals surface area contributed by atoms with Crippen LogP contribution < -0.4 is 19.9 Å². The van der Waals surface area contributed by atoms with Gasteiger partial charge in [-0.25, -0.2) is 9.97 Å². The molecule has 4 amide bonds. The van der Waals surface area contributed by atoms with Crippen LogP contribution in [0.15, 0.2) is 79.0 Å². The number of amides is 4. The molecule has 3 aliphatic rings. The van der Waals surface area contributed by atoms with E-state index in [9.17, 15) is 24.0 Å². The standard InChI is InChI=1S/C43H46N6O6/c1-28-23-34(11-14-36(28)41(54)49(27-50)37-15-16-38(52)46-40(37)53)48-22-19-43(26-48)18-21-47(25-43)33-9-5-30(6-10-33)42(3,4)31-7-12-35(13-8-31)55-24-32-17-20-44-39(45-32)29(2)51/h5-14,17,20,23,27,37H,15-16,18-19,21-22,24-26H2,1-4H3,(H,46,52,53). The molecule has 0 bridgehead atoms. The quantitative estimate of drug-likeness (QED) is 0.121. The molecule has 1 N–H and O–H groups in total. The highest BCUT2D eigenvalue weighted by atomic mass is 16.5. The number of benzene rings is 3. The van der Waals surface area contributed by atoms with Crippen LogP contribution in [0.4, 0.5) is 11.4 Å². The van der Waals surface area contributed by atoms with E-state index >= 15 is 0 Å². The highest BCUT2D eigenvalue weighted by molar-refractivity contribution is 6.07. The molecule has 3 aliphatic heterocycles. The van der Waals surface area contributed by atoms with Gasteiger partial charge in [-0.15, -0.1) is 0 Å². The van der Waals surface area contributed by atoms with Crippen molar-refractivity contribution in [3.63, 3.8) is 0 Å². The third-order valence-electron chi connectivity index (χ3n) is 11.5. The first-order valence-corrected chi connectivity index (χ1v) is 18.7. The first-order chi connectivity index (χ1) is 26.4. The van der Waals surface area contributed by atoms with Crippen molar-refractivity contribution in [1.29, 1.82) is 0 Å². The van der Waals surface area contributed by atoms with Gasteiger partial charge in [-0.3, -0.25) is 34.2 Å². The Morgan fingerprint density at radius 3 is 2.20 bits per heavy atom. The van der Waals surface area contributed by atoms with E-state index in [2.05, 4.69) is 75.3 Å². The van der Waals surface area contributed by atoms with Crippen LogP contribution in [0, 0.1) is 12.3 Å². The Hall–Kier alpha value is -5.91. The number of anilines is 2. The van der Waals surface area contributed by atoms with E-state index in [0.717, 1.165) is 60.9 Å². The maximum absolute atomic E-state index is 13.4. The molecule has 7 rings (SSSR count). The third-order valence-corrected chi connectivity index (χ3v) is 11.5. The lowest BCUT2D eigenvalue weighted by molar-refractivity contribution is -0.139. The third kappa shape index (κ3) is 7.71. The van der Waals surface area contributed by atoms with Crippen LogP contribution in [0.25, 0.3) is 0 Å². The Labute approximate surface area is 320 Å². The molecule has 0 saturated carbocycles. The zero-order chi connectivity index (χ0) is 38.9. The maximum atomic E-state index is 13.4. The second kappa shape index (κ2) is 15.1. The second-order valence-corrected chi connectivity index (χ2v) is 15.5. The molecule has 12 nitrogen and oxygen atoms in total. The zero-order valence-electron chi connectivity index (χ0n) is 31.7. The Morgan fingerprint density at radius 1 is 0.945 bits per heavy atom. The molecular formula is C43H46N6O6. The summed E-state index contributed by atoms with van der Waals surface area (Å²) in [5.41, 5.74) is 6.30. The van der Waals surface area contributed by atoms with E-state index < -0.39 is 23.8 Å². The van der Waals surface area contributed by atoms with E-state index in [1.165, 1.54) is 23.7 Å². The van der Waals surface area contributed by atoms with Crippen molar-refractivity contribution >= 4 is 41.3 Å². The Kier molecular flexibility index (Phi) is 10.3. The van der Waals surface area contributed by atoms with E-state index in [0.29, 0.717) is 17.7 Å². The van der Waals surface area contributed by atoms with Crippen LogP contribution >= 0.6 is 0 Å². The van der Waals surface area contributed by atoms with Crippen LogP contribution in [-0.2, 0) is 26.4 Å². The molecular weight excluding hydrogens is 697 g/mol. The number of nitrogens with one attached hydrogen (secondary N) is 1. The van der Waals surface area contributed by atoms with Crippen molar-refractivity contribution in [2.24, 2.45) is 5.41 Å². The number of imide groups is 2. The molecule has 12 heteroatoms. The fraction of sp³-hybridized carbons (Fsp3) is 0.372. The van der Waals surface area contributed by atoms with Gasteiger partial charge in [-0.2, -0.15) is 0 Å². The largest absolute Gasteiger partial charge is 0.487 e. The normalized spacial score (nSPS) is 19.7. The molecule has 0 radical (unpaired) electrons. The van der Waals surface area contributed by atoms with Gasteiger partial charge in [0, 0.05) is 73.5 Å². The highest BCUT2D eigenvalue weighted by Gasteiger charge is 2.44. The summed E-state index contributed by atoms with van der Waals surface area (Å²) in [4.78, 5) is 74.9. The monoisotopic (exact) mass is 742 g/mol. The molecule has 2 atom stereocenters. The van der Waals surface area contributed by atoms with Crippen LogP contribution in [0.2, 0.25) is 0 Å². The zero-order valence-corrected chi connectivity index (χ0v) is 31.7. The molecule has 4 aromatic rings. The predicted molar refractivity (Wildman–Crippen MR) is 207 cm³/mol. The molecule has 3 fully saturated rings. The van der Waals surface area contributed by atoms with Crippen LogP contribution in [0.1, 0.15) is 89.8 Å². The lowest BCUT2D eigenvalue weighted by Crippen LogP contribution is -2.53. The van der Waals surface area contributed by atoms with E-state index in [1.54, 1.807) is 18.3 Å². The SMILES string of the molecule is CC(=O)c1nccc(COc2ccc(C(C)(C)c3ccc(N4CCC5(CCN(c6ccc(C(=O)N(C=O)C7CCC(=O)NC7=O)c(C)c6)C5)C4)cc3)cc2)n1. The number of ether oxygens (including phenoxy) is 1. The summed E-state index contributed by atoms with van der Waals surface area (Å²) in [5.74, 6) is -0.845. The van der Waals surface area contributed by atoms with Gasteiger partial charge in [0.1, 0.15) is 18.4 Å². The number of hydrogen-bond acceptors (Lipinski definition) is 10. The minimum atomic E-state index is -1.00. The summed E-state index contributed by atoms with van der Waals surface area (Å²) in [5, 5.41) is 2.22. The lowest BCUT2D eigenvalue weighted by Gasteiger charge is -2.29. The number of ketones is 1. The van der Waals surface area contributed by atoms with Crippen molar-refractivity contribution < 1.29 is 28.7 Å². The van der Waals surface area contributed by atoms with Gasteiger partial charge < -0.3 is 14.5 Å². The molecule has 1 aromatic heterocycles. The highest BCUT2D eigenvalue weighted by Crippen LogP contribution is 2.43. The summed E-state index contributed by atoms with van der Waals surface area (Å²) < 4.78 is 5.95. The molecule has 4 heterocycles. The average Bonchev–Trinajstić information content (AvgIpc) is 3.81. The van der Waals surface area contributed by atoms with Gasteiger partial charge in [0.25, 0.3) is 5.91 Å². The molecule has 3 aromatic carbocycles. The molecule has 3 saturated heterocycles.